The Morgan fingerprint density at radius 3 is 2.52 bits per heavy atom. The number of aromatic nitrogens is 1. The first kappa shape index (κ1) is 22.7. The van der Waals surface area contributed by atoms with Crippen molar-refractivity contribution in [2.45, 2.75) is 31.0 Å². The van der Waals surface area contributed by atoms with Gasteiger partial charge in [-0.3, -0.25) is 9.59 Å². The number of carboxylic acids is 1. The highest BCUT2D eigenvalue weighted by atomic mass is 32.2. The molecule has 1 aromatic carbocycles. The van der Waals surface area contributed by atoms with Crippen molar-refractivity contribution in [1.82, 2.24) is 15.6 Å². The smallest absolute Gasteiger partial charge is 0.326 e. The molecule has 3 atom stereocenters. The SMILES string of the molecule is CSCC[C@H](N)C(=O)N[C@@H](CO)C(=O)N[C@@H](Cc1c[nH]c2ccccc12)C(=O)O. The summed E-state index contributed by atoms with van der Waals surface area (Å²) in [5, 5.41) is 24.6. The Morgan fingerprint density at radius 2 is 1.86 bits per heavy atom. The number of hydrogen-bond acceptors (Lipinski definition) is 6. The average Bonchev–Trinajstić information content (AvgIpc) is 3.12. The molecule has 0 aliphatic heterocycles. The number of aliphatic carboxylic acids is 1. The van der Waals surface area contributed by atoms with Crippen molar-refractivity contribution in [3.8, 4) is 0 Å². The second-order valence-electron chi connectivity index (χ2n) is 6.59. The van der Waals surface area contributed by atoms with Crippen LogP contribution in [0, 0.1) is 0 Å². The number of thioether (sulfide) groups is 1. The number of hydrogen-bond donors (Lipinski definition) is 6. The van der Waals surface area contributed by atoms with E-state index in [1.807, 2.05) is 30.5 Å². The van der Waals surface area contributed by atoms with E-state index < -0.39 is 42.5 Å². The van der Waals surface area contributed by atoms with Gasteiger partial charge in [-0.15, -0.1) is 0 Å². The highest BCUT2D eigenvalue weighted by molar-refractivity contribution is 7.98. The molecule has 0 aliphatic carbocycles. The van der Waals surface area contributed by atoms with Gasteiger partial charge in [0.15, 0.2) is 0 Å². The van der Waals surface area contributed by atoms with E-state index in [2.05, 4.69) is 15.6 Å². The summed E-state index contributed by atoms with van der Waals surface area (Å²) in [4.78, 5) is 39.3. The summed E-state index contributed by atoms with van der Waals surface area (Å²) in [5.41, 5.74) is 7.36. The minimum Gasteiger partial charge on any atom is -0.480 e. The Morgan fingerprint density at radius 1 is 1.17 bits per heavy atom. The lowest BCUT2D eigenvalue weighted by atomic mass is 10.0. The van der Waals surface area contributed by atoms with E-state index >= 15 is 0 Å². The number of benzene rings is 1. The van der Waals surface area contributed by atoms with E-state index in [0.717, 1.165) is 16.5 Å². The highest BCUT2D eigenvalue weighted by Gasteiger charge is 2.28. The van der Waals surface area contributed by atoms with E-state index in [0.29, 0.717) is 12.2 Å². The van der Waals surface area contributed by atoms with Crippen molar-refractivity contribution in [1.29, 1.82) is 0 Å². The summed E-state index contributed by atoms with van der Waals surface area (Å²) in [6, 6.07) is 4.10. The van der Waals surface area contributed by atoms with E-state index in [4.69, 9.17) is 5.73 Å². The Kier molecular flexibility index (Phi) is 8.50. The van der Waals surface area contributed by atoms with Crippen LogP contribution in [-0.2, 0) is 20.8 Å². The molecule has 158 valence electrons. The Hall–Kier alpha value is -2.56. The van der Waals surface area contributed by atoms with Gasteiger partial charge in [0.2, 0.25) is 11.8 Å². The minimum absolute atomic E-state index is 0.0461. The van der Waals surface area contributed by atoms with Crippen LogP contribution >= 0.6 is 11.8 Å². The van der Waals surface area contributed by atoms with E-state index in [-0.39, 0.29) is 6.42 Å². The summed E-state index contributed by atoms with van der Waals surface area (Å²) in [6.45, 7) is -0.674. The van der Waals surface area contributed by atoms with Gasteiger partial charge in [-0.25, -0.2) is 4.79 Å². The predicted octanol–water partition coefficient (Wildman–Crippen LogP) is -0.163. The summed E-state index contributed by atoms with van der Waals surface area (Å²) < 4.78 is 0. The summed E-state index contributed by atoms with van der Waals surface area (Å²) in [5.74, 6) is -1.90. The number of nitrogens with one attached hydrogen (secondary N) is 3. The number of carboxylic acid groups (broad SMARTS) is 1. The van der Waals surface area contributed by atoms with Crippen LogP contribution in [0.1, 0.15) is 12.0 Å². The molecule has 2 rings (SSSR count). The van der Waals surface area contributed by atoms with E-state index in [1.54, 1.807) is 6.20 Å². The molecule has 9 nitrogen and oxygen atoms in total. The first-order valence-corrected chi connectivity index (χ1v) is 10.5. The Labute approximate surface area is 172 Å². The molecule has 0 saturated carbocycles. The number of carbonyl (C=O) groups excluding carboxylic acids is 2. The Bertz CT molecular complexity index is 856. The molecule has 0 unspecified atom stereocenters. The van der Waals surface area contributed by atoms with Crippen molar-refractivity contribution >= 4 is 40.4 Å². The number of aromatic amines is 1. The number of rotatable bonds is 11. The fourth-order valence-electron chi connectivity index (χ4n) is 2.84. The van der Waals surface area contributed by atoms with Crippen molar-refractivity contribution < 1.29 is 24.6 Å². The third-order valence-corrected chi connectivity index (χ3v) is 5.14. The highest BCUT2D eigenvalue weighted by Crippen LogP contribution is 2.19. The minimum atomic E-state index is -1.28. The largest absolute Gasteiger partial charge is 0.480 e. The number of fused-ring (bicyclic) bond motifs is 1. The van der Waals surface area contributed by atoms with E-state index in [1.165, 1.54) is 11.8 Å². The van der Waals surface area contributed by atoms with Crippen LogP contribution < -0.4 is 16.4 Å². The molecule has 2 amide bonds. The standard InChI is InChI=1S/C19H26N4O5S/c1-29-7-6-13(20)17(25)23-16(10-24)18(26)22-15(19(27)28)8-11-9-21-14-5-3-2-4-12(11)14/h2-5,9,13,15-16,21,24H,6-8,10,20H2,1H3,(H,22,26)(H,23,25)(H,27,28)/t13-,15-,16-/m0/s1. The zero-order valence-electron chi connectivity index (χ0n) is 16.1. The van der Waals surface area contributed by atoms with Gasteiger partial charge >= 0.3 is 5.97 Å². The third-order valence-electron chi connectivity index (χ3n) is 4.50. The van der Waals surface area contributed by atoms with Crippen LogP contribution in [0.25, 0.3) is 10.9 Å². The lowest BCUT2D eigenvalue weighted by Gasteiger charge is -2.21. The third kappa shape index (κ3) is 6.21. The number of para-hydroxylation sites is 1. The fraction of sp³-hybridized carbons (Fsp3) is 0.421. The van der Waals surface area contributed by atoms with Crippen LogP contribution in [0.15, 0.2) is 30.5 Å². The molecule has 0 bridgehead atoms. The maximum Gasteiger partial charge on any atom is 0.326 e. The monoisotopic (exact) mass is 422 g/mol. The number of H-pyrrole nitrogens is 1. The van der Waals surface area contributed by atoms with Crippen LogP contribution in [0.3, 0.4) is 0 Å². The van der Waals surface area contributed by atoms with E-state index in [9.17, 15) is 24.6 Å². The molecule has 0 fully saturated rings. The van der Waals surface area contributed by atoms with Crippen molar-refractivity contribution in [3.05, 3.63) is 36.0 Å². The first-order valence-electron chi connectivity index (χ1n) is 9.11. The number of aliphatic hydroxyl groups excluding tert-OH is 1. The molecule has 1 aromatic heterocycles. The van der Waals surface area contributed by atoms with Gasteiger partial charge in [-0.05, 0) is 30.1 Å². The number of amides is 2. The molecule has 0 aliphatic rings. The zero-order chi connectivity index (χ0) is 21.4. The van der Waals surface area contributed by atoms with Crippen LogP contribution in [-0.4, -0.2) is 69.7 Å². The van der Waals surface area contributed by atoms with Gasteiger partial charge in [0.05, 0.1) is 12.6 Å². The molecule has 0 saturated heterocycles. The van der Waals surface area contributed by atoms with Crippen molar-refractivity contribution in [2.75, 3.05) is 18.6 Å². The first-order chi connectivity index (χ1) is 13.9. The maximum atomic E-state index is 12.5. The lowest BCUT2D eigenvalue weighted by Crippen LogP contribution is -2.56. The van der Waals surface area contributed by atoms with Gasteiger partial charge in [0.1, 0.15) is 12.1 Å². The van der Waals surface area contributed by atoms with Gasteiger partial charge in [-0.2, -0.15) is 11.8 Å². The quantitative estimate of drug-likeness (QED) is 0.294. The molecule has 29 heavy (non-hydrogen) atoms. The molecule has 0 radical (unpaired) electrons. The maximum absolute atomic E-state index is 12.5. The van der Waals surface area contributed by atoms with Crippen LogP contribution in [0.5, 0.6) is 0 Å². The molecule has 10 heteroatoms. The van der Waals surface area contributed by atoms with Crippen molar-refractivity contribution in [2.24, 2.45) is 5.73 Å². The molecule has 7 N–H and O–H groups in total. The number of aliphatic hydroxyl groups is 1. The second-order valence-corrected chi connectivity index (χ2v) is 7.58. The summed E-state index contributed by atoms with van der Waals surface area (Å²) in [6.07, 6.45) is 4.05. The second kappa shape index (κ2) is 10.8. The topological polar surface area (TPSA) is 158 Å². The molecule has 2 aromatic rings. The number of nitrogens with two attached hydrogens (primary N) is 1. The molecular weight excluding hydrogens is 396 g/mol. The fourth-order valence-corrected chi connectivity index (χ4v) is 3.33. The normalized spacial score (nSPS) is 14.2. The zero-order valence-corrected chi connectivity index (χ0v) is 16.9. The molecule has 0 spiro atoms. The van der Waals surface area contributed by atoms with Crippen molar-refractivity contribution in [3.63, 3.8) is 0 Å². The van der Waals surface area contributed by atoms with Gasteiger partial charge in [0.25, 0.3) is 0 Å². The van der Waals surface area contributed by atoms with Crippen LogP contribution in [0.4, 0.5) is 0 Å². The van der Waals surface area contributed by atoms with Gasteiger partial charge in [-0.1, -0.05) is 18.2 Å². The molecule has 1 heterocycles. The van der Waals surface area contributed by atoms with Crippen LogP contribution in [0.2, 0.25) is 0 Å². The van der Waals surface area contributed by atoms with Gasteiger partial charge < -0.3 is 31.6 Å². The Balaban J connectivity index is 2.03. The predicted molar refractivity (Wildman–Crippen MR) is 112 cm³/mol. The number of carbonyl (C=O) groups is 3. The summed E-state index contributed by atoms with van der Waals surface area (Å²) >= 11 is 1.54. The molecular formula is C19H26N4O5S. The van der Waals surface area contributed by atoms with Gasteiger partial charge in [0, 0.05) is 23.5 Å². The lowest BCUT2D eigenvalue weighted by molar-refractivity contribution is -0.142. The summed E-state index contributed by atoms with van der Waals surface area (Å²) in [7, 11) is 0. The average molecular weight is 423 g/mol.